The van der Waals surface area contributed by atoms with Gasteiger partial charge in [0.05, 0.1) is 16.3 Å². The molecule has 0 radical (unpaired) electrons. The number of aliphatic hydroxyl groups is 3. The van der Waals surface area contributed by atoms with E-state index in [0.29, 0.717) is 24.8 Å². The highest BCUT2D eigenvalue weighted by Crippen LogP contribution is 2.28. The van der Waals surface area contributed by atoms with Crippen LogP contribution in [-0.4, -0.2) is 68.3 Å². The van der Waals surface area contributed by atoms with E-state index in [0.717, 1.165) is 10.2 Å². The van der Waals surface area contributed by atoms with Crippen LogP contribution in [0.5, 0.6) is 0 Å². The number of thiazole rings is 1. The van der Waals surface area contributed by atoms with Crippen molar-refractivity contribution in [2.75, 3.05) is 29.9 Å². The third-order valence-electron chi connectivity index (χ3n) is 5.46. The van der Waals surface area contributed by atoms with E-state index in [4.69, 9.17) is 0 Å². The second-order valence-electron chi connectivity index (χ2n) is 7.80. The summed E-state index contributed by atoms with van der Waals surface area (Å²) in [5, 5.41) is 33.8. The molecule has 1 aromatic carbocycles. The second kappa shape index (κ2) is 9.01. The van der Waals surface area contributed by atoms with Crippen molar-refractivity contribution < 1.29 is 19.7 Å². The number of aliphatic hydroxyl groups excluding tert-OH is 3. The molecule has 3 heterocycles. The Balaban J connectivity index is 1.41. The average Bonchev–Trinajstić information content (AvgIpc) is 3.15. The van der Waals surface area contributed by atoms with Gasteiger partial charge in [0, 0.05) is 37.4 Å². The Kier molecular flexibility index (Phi) is 6.35. The number of hydrogen-bond acceptors (Lipinski definition) is 9. The quantitative estimate of drug-likeness (QED) is 0.426. The maximum atomic E-state index is 14.7. The van der Waals surface area contributed by atoms with Crippen molar-refractivity contribution >= 4 is 32.5 Å². The molecule has 4 rings (SSSR count). The van der Waals surface area contributed by atoms with Crippen molar-refractivity contribution in [2.45, 2.75) is 38.4 Å². The molecular weight excluding hydrogens is 421 g/mol. The molecule has 1 unspecified atom stereocenters. The third kappa shape index (κ3) is 4.63. The van der Waals surface area contributed by atoms with Crippen LogP contribution < -0.4 is 10.2 Å². The van der Waals surface area contributed by atoms with Crippen LogP contribution in [0, 0.1) is 5.82 Å². The van der Waals surface area contributed by atoms with Crippen molar-refractivity contribution in [2.24, 2.45) is 0 Å². The molecule has 1 aliphatic rings. The molecule has 31 heavy (non-hydrogen) atoms. The van der Waals surface area contributed by atoms with E-state index in [1.807, 2.05) is 41.0 Å². The molecule has 2 aromatic heterocycles. The monoisotopic (exact) mass is 447 g/mol. The van der Waals surface area contributed by atoms with Crippen molar-refractivity contribution in [1.29, 1.82) is 0 Å². The molecule has 4 N–H and O–H groups in total. The number of nitrogens with zero attached hydrogens (tertiary/aromatic N) is 4. The van der Waals surface area contributed by atoms with Crippen LogP contribution >= 0.6 is 11.3 Å². The predicted octanol–water partition coefficient (Wildman–Crippen LogP) is 2.14. The molecule has 10 heteroatoms. The van der Waals surface area contributed by atoms with Gasteiger partial charge in [-0.2, -0.15) is 0 Å². The molecule has 0 amide bonds. The fraction of sp³-hybridized carbons (Fsp3) is 0.429. The average molecular weight is 448 g/mol. The zero-order chi connectivity index (χ0) is 22.1. The number of fused-ring (bicyclic) bond motifs is 1. The normalized spacial score (nSPS) is 20.6. The number of benzene rings is 1. The maximum absolute atomic E-state index is 14.7. The molecule has 0 aliphatic carbocycles. The highest BCUT2D eigenvalue weighted by atomic mass is 32.1. The molecule has 3 aromatic rings. The summed E-state index contributed by atoms with van der Waals surface area (Å²) < 4.78 is 15.7. The Morgan fingerprint density at radius 1 is 1.23 bits per heavy atom. The molecule has 1 saturated heterocycles. The molecule has 166 valence electrons. The van der Waals surface area contributed by atoms with E-state index in [-0.39, 0.29) is 17.4 Å². The van der Waals surface area contributed by atoms with Gasteiger partial charge in [-0.3, -0.25) is 4.90 Å². The fourth-order valence-electron chi connectivity index (χ4n) is 3.76. The SMILES string of the molecule is C[C@@H](O)[C@H](O)c1cnc(N2CCN(C(O)Nc3nc4ccccc4s3)C[C@@H]2C)c(F)c1. The summed E-state index contributed by atoms with van der Waals surface area (Å²) in [4.78, 5) is 12.4. The molecule has 0 bridgehead atoms. The van der Waals surface area contributed by atoms with Gasteiger partial charge in [-0.15, -0.1) is 0 Å². The number of hydrogen-bond donors (Lipinski definition) is 4. The topological polar surface area (TPSA) is 105 Å². The number of halogens is 1. The first-order valence-electron chi connectivity index (χ1n) is 10.2. The molecular formula is C21H26FN5O3S. The van der Waals surface area contributed by atoms with Crippen LogP contribution in [0.25, 0.3) is 10.2 Å². The summed E-state index contributed by atoms with van der Waals surface area (Å²) in [6.07, 6.45) is -1.72. The van der Waals surface area contributed by atoms with Crippen molar-refractivity contribution in [1.82, 2.24) is 14.9 Å². The van der Waals surface area contributed by atoms with E-state index >= 15 is 0 Å². The number of aromatic nitrogens is 2. The molecule has 0 spiro atoms. The molecule has 8 nitrogen and oxygen atoms in total. The lowest BCUT2D eigenvalue weighted by Crippen LogP contribution is -2.57. The Bertz CT molecular complexity index is 1020. The summed E-state index contributed by atoms with van der Waals surface area (Å²) in [7, 11) is 0. The van der Waals surface area contributed by atoms with Crippen LogP contribution in [0.2, 0.25) is 0 Å². The Morgan fingerprint density at radius 2 is 2.00 bits per heavy atom. The number of anilines is 2. The third-order valence-corrected chi connectivity index (χ3v) is 6.43. The van der Waals surface area contributed by atoms with E-state index in [1.165, 1.54) is 30.5 Å². The summed E-state index contributed by atoms with van der Waals surface area (Å²) in [6.45, 7) is 4.85. The van der Waals surface area contributed by atoms with Crippen molar-refractivity contribution in [3.05, 3.63) is 47.9 Å². The Hall–Kier alpha value is -2.37. The fourth-order valence-corrected chi connectivity index (χ4v) is 4.64. The summed E-state index contributed by atoms with van der Waals surface area (Å²) >= 11 is 1.48. The van der Waals surface area contributed by atoms with Crippen LogP contribution in [0.1, 0.15) is 25.5 Å². The van der Waals surface area contributed by atoms with Crippen LogP contribution in [-0.2, 0) is 0 Å². The highest BCUT2D eigenvalue weighted by molar-refractivity contribution is 7.22. The van der Waals surface area contributed by atoms with E-state index in [9.17, 15) is 19.7 Å². The van der Waals surface area contributed by atoms with Crippen LogP contribution in [0.4, 0.5) is 15.3 Å². The molecule has 1 aliphatic heterocycles. The standard InChI is InChI=1S/C21H26FN5O3S/c1-12-11-26(21(30)25-20-24-16-5-3-4-6-17(16)31-20)7-8-27(12)19-15(22)9-14(10-23-19)18(29)13(2)28/h3-6,9-10,12-13,18,21,28-30H,7-8,11H2,1-2H3,(H,24,25)/t12-,13+,18-,21?/m0/s1. The number of rotatable bonds is 6. The largest absolute Gasteiger partial charge is 0.390 e. The number of piperazine rings is 1. The van der Waals surface area contributed by atoms with Gasteiger partial charge < -0.3 is 25.5 Å². The van der Waals surface area contributed by atoms with Crippen LogP contribution in [0.15, 0.2) is 36.5 Å². The second-order valence-corrected chi connectivity index (χ2v) is 8.83. The van der Waals surface area contributed by atoms with Gasteiger partial charge in [0.2, 0.25) is 0 Å². The van der Waals surface area contributed by atoms with E-state index in [1.54, 1.807) is 0 Å². The molecule has 0 saturated carbocycles. The Morgan fingerprint density at radius 3 is 2.68 bits per heavy atom. The first-order chi connectivity index (χ1) is 14.8. The van der Waals surface area contributed by atoms with Gasteiger partial charge in [0.1, 0.15) is 6.10 Å². The first-order valence-corrected chi connectivity index (χ1v) is 11.0. The van der Waals surface area contributed by atoms with Crippen LogP contribution in [0.3, 0.4) is 0 Å². The minimum absolute atomic E-state index is 0.102. The first kappa shape index (κ1) is 21.8. The minimum Gasteiger partial charge on any atom is -0.390 e. The highest BCUT2D eigenvalue weighted by Gasteiger charge is 2.30. The van der Waals surface area contributed by atoms with Gasteiger partial charge in [-0.05, 0) is 32.0 Å². The van der Waals surface area contributed by atoms with Gasteiger partial charge in [0.15, 0.2) is 23.1 Å². The van der Waals surface area contributed by atoms with Gasteiger partial charge in [0.25, 0.3) is 0 Å². The number of nitrogens with one attached hydrogen (secondary N) is 1. The van der Waals surface area contributed by atoms with Gasteiger partial charge in [-0.25, -0.2) is 14.4 Å². The lowest BCUT2D eigenvalue weighted by molar-refractivity contribution is 0.0145. The predicted molar refractivity (Wildman–Crippen MR) is 118 cm³/mol. The maximum Gasteiger partial charge on any atom is 0.186 e. The molecule has 1 fully saturated rings. The van der Waals surface area contributed by atoms with Crippen molar-refractivity contribution in [3.8, 4) is 0 Å². The number of para-hydroxylation sites is 1. The minimum atomic E-state index is -1.19. The summed E-state index contributed by atoms with van der Waals surface area (Å²) in [5.41, 5.74) is 1.11. The zero-order valence-electron chi connectivity index (χ0n) is 17.3. The van der Waals surface area contributed by atoms with E-state index in [2.05, 4.69) is 15.3 Å². The smallest absolute Gasteiger partial charge is 0.186 e. The lowest BCUT2D eigenvalue weighted by atomic mass is 10.1. The molecule has 4 atom stereocenters. The van der Waals surface area contributed by atoms with Gasteiger partial charge >= 0.3 is 0 Å². The van der Waals surface area contributed by atoms with Gasteiger partial charge in [-0.1, -0.05) is 23.5 Å². The summed E-state index contributed by atoms with van der Waals surface area (Å²) in [6, 6.07) is 8.90. The Labute approximate surface area is 183 Å². The zero-order valence-corrected chi connectivity index (χ0v) is 18.1. The lowest BCUT2D eigenvalue weighted by Gasteiger charge is -2.42. The van der Waals surface area contributed by atoms with Crippen molar-refractivity contribution in [3.63, 3.8) is 0 Å². The summed E-state index contributed by atoms with van der Waals surface area (Å²) in [5.74, 6) is -0.354. The number of pyridine rings is 1. The van der Waals surface area contributed by atoms with E-state index < -0.39 is 24.4 Å².